The number of rotatable bonds is 4. The maximum absolute atomic E-state index is 5.05. The standard InChI is InChI=1S/C28H30N4.Al.ClH/c1-5-17-21-9-11-23(29-21)18(6-2)25-13-15-27(31-25)20(8-4)28-16-14-26(32-28)19(7-3)24-12-10-22(17)30-24;;/h9-16,29-30H,5-8H2,1-4H3;;1H/q;+1;/p-1. The van der Waals surface area contributed by atoms with Crippen LogP contribution in [0.2, 0.25) is 0 Å². The van der Waals surface area contributed by atoms with Crippen LogP contribution in [0, 0.1) is 0 Å². The van der Waals surface area contributed by atoms with Gasteiger partial charge in [0.05, 0.1) is 22.8 Å². The lowest BCUT2D eigenvalue weighted by Gasteiger charge is -2.02. The molecule has 0 unspecified atom stereocenters. The molecular formula is C28H30AlClN4. The number of halogens is 1. The predicted molar refractivity (Wildman–Crippen MR) is 148 cm³/mol. The first kappa shape index (κ1) is 24.5. The molecule has 0 aliphatic carbocycles. The summed E-state index contributed by atoms with van der Waals surface area (Å²) in [6, 6.07) is 8.79. The van der Waals surface area contributed by atoms with Crippen molar-refractivity contribution in [3.05, 3.63) is 69.3 Å². The van der Waals surface area contributed by atoms with Gasteiger partial charge in [0.25, 0.3) is 15.4 Å². The topological polar surface area (TPSA) is 57.4 Å². The fourth-order valence-corrected chi connectivity index (χ4v) is 4.93. The largest absolute Gasteiger partial charge is 0.355 e. The van der Waals surface area contributed by atoms with Crippen LogP contribution in [-0.2, 0) is 25.7 Å². The van der Waals surface area contributed by atoms with Crippen molar-refractivity contribution in [2.75, 3.05) is 0 Å². The van der Waals surface area contributed by atoms with Crippen LogP contribution in [0.1, 0.15) is 72.7 Å². The lowest BCUT2D eigenvalue weighted by atomic mass is 10.1. The molecule has 2 N–H and O–H groups in total. The number of hydrogen-bond acceptors (Lipinski definition) is 2. The number of aryl methyl sites for hydroxylation is 3. The third-order valence-corrected chi connectivity index (χ3v) is 6.60. The second kappa shape index (κ2) is 10.8. The molecule has 34 heavy (non-hydrogen) atoms. The van der Waals surface area contributed by atoms with Crippen LogP contribution < -0.4 is 0 Å². The van der Waals surface area contributed by atoms with Crippen molar-refractivity contribution >= 4 is 71.8 Å². The first-order valence-corrected chi connectivity index (χ1v) is 13.7. The van der Waals surface area contributed by atoms with E-state index in [0.29, 0.717) is 0 Å². The minimum Gasteiger partial charge on any atom is -0.355 e. The Morgan fingerprint density at radius 1 is 0.529 bits per heavy atom. The average Bonchev–Trinajstić information content (AvgIpc) is 3.66. The number of nitrogens with one attached hydrogen (secondary N) is 2. The van der Waals surface area contributed by atoms with Gasteiger partial charge in [-0.15, -0.1) is 0 Å². The SMILES string of the molecule is CCc1c2nc(c(CC)c3ccc([nH]3)c(CC)c3ccc([nH]3)c(CC)c3nc1C=C3)C=C2.[Al][Cl]. The molecule has 0 amide bonds. The Kier molecular flexibility index (Phi) is 7.78. The van der Waals surface area contributed by atoms with Crippen molar-refractivity contribution in [2.45, 2.75) is 53.4 Å². The van der Waals surface area contributed by atoms with Gasteiger partial charge < -0.3 is 9.97 Å². The van der Waals surface area contributed by atoms with E-state index >= 15 is 0 Å². The van der Waals surface area contributed by atoms with Gasteiger partial charge in [0.15, 0.2) is 0 Å². The highest BCUT2D eigenvalue weighted by Gasteiger charge is 2.14. The van der Waals surface area contributed by atoms with Crippen LogP contribution >= 0.6 is 10.0 Å². The lowest BCUT2D eigenvalue weighted by molar-refractivity contribution is 1.05. The zero-order valence-corrected chi connectivity index (χ0v) is 22.2. The highest BCUT2D eigenvalue weighted by atomic mass is 35.6. The predicted octanol–water partition coefficient (Wildman–Crippen LogP) is 7.21. The van der Waals surface area contributed by atoms with Gasteiger partial charge in [-0.2, -0.15) is 0 Å². The number of fused-ring (bicyclic) bond motifs is 8. The van der Waals surface area contributed by atoms with Gasteiger partial charge in [-0.25, -0.2) is 9.97 Å². The summed E-state index contributed by atoms with van der Waals surface area (Å²) in [7, 11) is 4.56. The van der Waals surface area contributed by atoms with Gasteiger partial charge in [0.2, 0.25) is 0 Å². The summed E-state index contributed by atoms with van der Waals surface area (Å²) in [4.78, 5) is 17.5. The van der Waals surface area contributed by atoms with Crippen LogP contribution in [0.25, 0.3) is 46.4 Å². The molecule has 4 nitrogen and oxygen atoms in total. The average molecular weight is 485 g/mol. The van der Waals surface area contributed by atoms with Crippen molar-refractivity contribution in [3.8, 4) is 0 Å². The molecule has 5 rings (SSSR count). The molecule has 2 aliphatic heterocycles. The summed E-state index contributed by atoms with van der Waals surface area (Å²) in [5, 5.41) is 0. The van der Waals surface area contributed by atoms with Gasteiger partial charge in [-0.1, -0.05) is 27.7 Å². The fourth-order valence-electron chi connectivity index (χ4n) is 4.93. The number of hydrogen-bond donors (Lipinski definition) is 2. The molecule has 0 saturated carbocycles. The van der Waals surface area contributed by atoms with E-state index in [9.17, 15) is 0 Å². The molecule has 172 valence electrons. The summed E-state index contributed by atoms with van der Waals surface area (Å²) in [5.74, 6) is 0. The second-order valence-corrected chi connectivity index (χ2v) is 8.33. The van der Waals surface area contributed by atoms with Gasteiger partial charge in [0.1, 0.15) is 0 Å². The van der Waals surface area contributed by atoms with Crippen molar-refractivity contribution in [3.63, 3.8) is 0 Å². The van der Waals surface area contributed by atoms with E-state index in [1.54, 1.807) is 0 Å². The molecule has 5 heterocycles. The van der Waals surface area contributed by atoms with Crippen LogP contribution in [-0.4, -0.2) is 35.3 Å². The summed E-state index contributed by atoms with van der Waals surface area (Å²) < 4.78 is 0. The van der Waals surface area contributed by atoms with Gasteiger partial charge in [-0.3, -0.25) is 10.0 Å². The maximum Gasteiger partial charge on any atom is 0.293 e. The molecule has 6 heteroatoms. The van der Waals surface area contributed by atoms with E-state index in [1.165, 1.54) is 22.3 Å². The molecule has 3 aromatic heterocycles. The molecule has 3 aromatic rings. The van der Waals surface area contributed by atoms with E-state index in [1.807, 2.05) is 15.4 Å². The first-order chi connectivity index (χ1) is 16.7. The summed E-state index contributed by atoms with van der Waals surface area (Å²) >= 11 is 1.89. The van der Waals surface area contributed by atoms with E-state index in [0.717, 1.165) is 70.5 Å². The Hall–Kier alpha value is -2.58. The Morgan fingerprint density at radius 3 is 1.15 bits per heavy atom. The van der Waals surface area contributed by atoms with E-state index in [-0.39, 0.29) is 0 Å². The van der Waals surface area contributed by atoms with E-state index < -0.39 is 0 Å². The van der Waals surface area contributed by atoms with Crippen molar-refractivity contribution < 1.29 is 0 Å². The molecule has 2 aliphatic rings. The minimum atomic E-state index is 0.893. The summed E-state index contributed by atoms with van der Waals surface area (Å²) in [5.41, 5.74) is 13.7. The van der Waals surface area contributed by atoms with Crippen molar-refractivity contribution in [2.24, 2.45) is 0 Å². The van der Waals surface area contributed by atoms with Gasteiger partial charge in [-0.05, 0) is 79.8 Å². The number of H-pyrrole nitrogens is 2. The van der Waals surface area contributed by atoms with Crippen LogP contribution in [0.5, 0.6) is 0 Å². The van der Waals surface area contributed by atoms with E-state index in [2.05, 4.69) is 96.3 Å². The molecule has 0 aromatic carbocycles. The fraction of sp³-hybridized carbons (Fsp3) is 0.286. The monoisotopic (exact) mass is 484 g/mol. The lowest BCUT2D eigenvalue weighted by Crippen LogP contribution is -1.94. The minimum absolute atomic E-state index is 0.893. The molecule has 0 spiro atoms. The normalized spacial score (nSPS) is 12.0. The Balaban J connectivity index is 0.00000133. The highest BCUT2D eigenvalue weighted by Crippen LogP contribution is 2.27. The van der Waals surface area contributed by atoms with E-state index in [4.69, 9.17) is 9.97 Å². The summed E-state index contributed by atoms with van der Waals surface area (Å²) in [6.45, 7) is 8.78. The van der Waals surface area contributed by atoms with Crippen LogP contribution in [0.3, 0.4) is 0 Å². The molecule has 0 atom stereocenters. The Bertz CT molecular complexity index is 1320. The van der Waals surface area contributed by atoms with Crippen LogP contribution in [0.15, 0.2) is 24.3 Å². The second-order valence-electron chi connectivity index (χ2n) is 8.33. The van der Waals surface area contributed by atoms with Crippen molar-refractivity contribution in [1.29, 1.82) is 0 Å². The van der Waals surface area contributed by atoms with Gasteiger partial charge in [0, 0.05) is 38.8 Å². The number of aromatic amines is 2. The third kappa shape index (κ3) is 4.41. The quantitative estimate of drug-likeness (QED) is 0.265. The maximum atomic E-state index is 5.05. The molecule has 0 fully saturated rings. The Morgan fingerprint density at radius 2 is 0.824 bits per heavy atom. The number of nitrogens with zero attached hydrogens (tertiary/aromatic N) is 2. The molecular weight excluding hydrogens is 455 g/mol. The zero-order chi connectivity index (χ0) is 24.2. The van der Waals surface area contributed by atoms with Crippen LogP contribution in [0.4, 0.5) is 0 Å². The van der Waals surface area contributed by atoms with Crippen molar-refractivity contribution in [1.82, 2.24) is 19.9 Å². The molecule has 8 bridgehead atoms. The molecule has 0 saturated heterocycles. The smallest absolute Gasteiger partial charge is 0.293 e. The Labute approximate surface area is 213 Å². The zero-order valence-electron chi connectivity index (χ0n) is 20.3. The third-order valence-electron chi connectivity index (χ3n) is 6.60. The van der Waals surface area contributed by atoms with Gasteiger partial charge >= 0.3 is 0 Å². The first-order valence-electron chi connectivity index (χ1n) is 12.0. The summed E-state index contributed by atoms with van der Waals surface area (Å²) in [6.07, 6.45) is 12.3. The molecule has 2 radical (unpaired) electrons. The highest BCUT2D eigenvalue weighted by molar-refractivity contribution is 6.80. The number of aromatic nitrogens is 4.